The molecule has 12 heavy (non-hydrogen) atoms. The summed E-state index contributed by atoms with van der Waals surface area (Å²) < 4.78 is 0. The van der Waals surface area contributed by atoms with E-state index in [1.54, 1.807) is 11.3 Å². The van der Waals surface area contributed by atoms with Crippen LogP contribution in [0.1, 0.15) is 17.2 Å². The van der Waals surface area contributed by atoms with Gasteiger partial charge in [0.15, 0.2) is 5.78 Å². The molecule has 3 heteroatoms. The number of thiophene rings is 1. The zero-order chi connectivity index (χ0) is 8.55. The molecule has 1 aromatic rings. The maximum absolute atomic E-state index is 11.2. The summed E-state index contributed by atoms with van der Waals surface area (Å²) in [6.45, 7) is 0. The van der Waals surface area contributed by atoms with Gasteiger partial charge in [0, 0.05) is 16.7 Å². The van der Waals surface area contributed by atoms with E-state index in [9.17, 15) is 4.79 Å². The summed E-state index contributed by atoms with van der Waals surface area (Å²) in [5.41, 5.74) is 0. The second-order valence-electron chi connectivity index (χ2n) is 3.06. The third-order valence-electron chi connectivity index (χ3n) is 2.24. The molecule has 1 heterocycles. The van der Waals surface area contributed by atoms with Crippen molar-refractivity contribution in [3.8, 4) is 0 Å². The largest absolute Gasteiger partial charge is 0.298 e. The van der Waals surface area contributed by atoms with Gasteiger partial charge in [-0.15, -0.1) is 22.9 Å². The minimum Gasteiger partial charge on any atom is -0.298 e. The van der Waals surface area contributed by atoms with E-state index in [2.05, 4.69) is 11.4 Å². The Hall–Kier alpha value is -0.340. The fourth-order valence-corrected chi connectivity index (χ4v) is 2.57. The maximum atomic E-state index is 11.2. The van der Waals surface area contributed by atoms with Crippen LogP contribution in [0.3, 0.4) is 0 Å². The average Bonchev–Trinajstić information content (AvgIpc) is 2.71. The third kappa shape index (κ3) is 1.41. The second kappa shape index (κ2) is 3.19. The van der Waals surface area contributed by atoms with Crippen LogP contribution in [-0.2, 0) is 4.79 Å². The zero-order valence-corrected chi connectivity index (χ0v) is 8.07. The molecule has 1 saturated carbocycles. The van der Waals surface area contributed by atoms with Crippen molar-refractivity contribution in [3.63, 3.8) is 0 Å². The highest BCUT2D eigenvalue weighted by atomic mass is 35.5. The Balaban J connectivity index is 2.01. The van der Waals surface area contributed by atoms with Crippen molar-refractivity contribution in [2.45, 2.75) is 12.3 Å². The first kappa shape index (κ1) is 8.27. The van der Waals surface area contributed by atoms with Crippen LogP contribution in [0.4, 0.5) is 0 Å². The van der Waals surface area contributed by atoms with Crippen LogP contribution < -0.4 is 0 Å². The Morgan fingerprint density at radius 1 is 1.75 bits per heavy atom. The van der Waals surface area contributed by atoms with Crippen LogP contribution in [0, 0.1) is 5.92 Å². The first-order valence-corrected chi connectivity index (χ1v) is 5.36. The van der Waals surface area contributed by atoms with E-state index >= 15 is 0 Å². The van der Waals surface area contributed by atoms with Gasteiger partial charge in [-0.2, -0.15) is 0 Å². The number of Topliss-reactive ketones (excluding diaryl/α,β-unsaturated/α-hetero) is 1. The summed E-state index contributed by atoms with van der Waals surface area (Å²) in [4.78, 5) is 12.5. The van der Waals surface area contributed by atoms with Gasteiger partial charge in [0.2, 0.25) is 0 Å². The molecule has 0 bridgehead atoms. The van der Waals surface area contributed by atoms with Gasteiger partial charge in [-0.3, -0.25) is 4.79 Å². The van der Waals surface area contributed by atoms with E-state index < -0.39 is 0 Å². The van der Waals surface area contributed by atoms with Crippen molar-refractivity contribution in [2.24, 2.45) is 5.92 Å². The van der Waals surface area contributed by atoms with Gasteiger partial charge in [0.05, 0.1) is 5.88 Å². The lowest BCUT2D eigenvalue weighted by Gasteiger charge is -1.92. The molecule has 64 valence electrons. The molecule has 0 aromatic carbocycles. The van der Waals surface area contributed by atoms with Gasteiger partial charge in [0.25, 0.3) is 0 Å². The van der Waals surface area contributed by atoms with Crippen LogP contribution >= 0.6 is 22.9 Å². The quantitative estimate of drug-likeness (QED) is 0.686. The number of ketones is 1. The Labute approximate surface area is 80.4 Å². The van der Waals surface area contributed by atoms with Crippen molar-refractivity contribution in [1.29, 1.82) is 0 Å². The van der Waals surface area contributed by atoms with Crippen molar-refractivity contribution < 1.29 is 4.79 Å². The maximum Gasteiger partial charge on any atom is 0.151 e. The first-order chi connectivity index (χ1) is 5.83. The fraction of sp³-hybridized carbons (Fsp3) is 0.444. The van der Waals surface area contributed by atoms with Gasteiger partial charge in [-0.25, -0.2) is 0 Å². The summed E-state index contributed by atoms with van der Waals surface area (Å²) in [5.74, 6) is 1.08. The molecular weight excluding hydrogens is 192 g/mol. The van der Waals surface area contributed by atoms with Gasteiger partial charge in [0.1, 0.15) is 0 Å². The molecule has 0 unspecified atom stereocenters. The summed E-state index contributed by atoms with van der Waals surface area (Å²) >= 11 is 7.20. The number of rotatable bonds is 3. The highest BCUT2D eigenvalue weighted by molar-refractivity contribution is 7.10. The minimum absolute atomic E-state index is 0.173. The molecule has 2 atom stereocenters. The van der Waals surface area contributed by atoms with Crippen LogP contribution in [0.25, 0.3) is 0 Å². The number of halogens is 1. The zero-order valence-electron chi connectivity index (χ0n) is 6.50. The van der Waals surface area contributed by atoms with Crippen molar-refractivity contribution in [1.82, 2.24) is 0 Å². The Morgan fingerprint density at radius 2 is 2.58 bits per heavy atom. The van der Waals surface area contributed by atoms with Gasteiger partial charge in [-0.1, -0.05) is 6.07 Å². The van der Waals surface area contributed by atoms with Gasteiger partial charge in [-0.05, 0) is 17.9 Å². The minimum atomic E-state index is 0.173. The van der Waals surface area contributed by atoms with E-state index in [-0.39, 0.29) is 17.6 Å². The Bertz CT molecular complexity index is 281. The molecule has 0 radical (unpaired) electrons. The topological polar surface area (TPSA) is 17.1 Å². The average molecular weight is 201 g/mol. The molecule has 0 amide bonds. The highest BCUT2D eigenvalue weighted by Crippen LogP contribution is 2.49. The summed E-state index contributed by atoms with van der Waals surface area (Å²) in [5, 5.41) is 2.05. The van der Waals surface area contributed by atoms with Crippen LogP contribution in [-0.4, -0.2) is 11.7 Å². The molecule has 1 fully saturated rings. The standard InChI is InChI=1S/C9H9ClOS/c10-5-8(11)6-4-7(6)9-2-1-3-12-9/h1-3,6-7H,4-5H2/t6-,7-/m1/s1. The predicted molar refractivity (Wildman–Crippen MR) is 50.9 cm³/mol. The molecule has 1 nitrogen and oxygen atoms in total. The van der Waals surface area contributed by atoms with Crippen LogP contribution in [0.5, 0.6) is 0 Å². The van der Waals surface area contributed by atoms with E-state index in [1.165, 1.54) is 4.88 Å². The van der Waals surface area contributed by atoms with Gasteiger partial charge >= 0.3 is 0 Å². The number of alkyl halides is 1. The summed E-state index contributed by atoms with van der Waals surface area (Å²) in [6.07, 6.45) is 1.01. The molecular formula is C9H9ClOS. The van der Waals surface area contributed by atoms with Crippen molar-refractivity contribution in [2.75, 3.05) is 5.88 Å². The summed E-state index contributed by atoms with van der Waals surface area (Å²) in [7, 11) is 0. The molecule has 0 spiro atoms. The SMILES string of the molecule is O=C(CCl)[C@@H]1C[C@H]1c1cccs1. The molecule has 0 N–H and O–H groups in total. The van der Waals surface area contributed by atoms with Crippen LogP contribution in [0.15, 0.2) is 17.5 Å². The fourth-order valence-electron chi connectivity index (χ4n) is 1.47. The smallest absolute Gasteiger partial charge is 0.151 e. The number of hydrogen-bond acceptors (Lipinski definition) is 2. The Morgan fingerprint density at radius 3 is 3.17 bits per heavy atom. The molecule has 1 aliphatic carbocycles. The summed E-state index contributed by atoms with van der Waals surface area (Å²) in [6, 6.07) is 4.12. The number of hydrogen-bond donors (Lipinski definition) is 0. The third-order valence-corrected chi connectivity index (χ3v) is 3.51. The highest BCUT2D eigenvalue weighted by Gasteiger charge is 2.43. The van der Waals surface area contributed by atoms with Crippen molar-refractivity contribution >= 4 is 28.7 Å². The first-order valence-electron chi connectivity index (χ1n) is 3.95. The molecule has 1 aliphatic rings. The number of carbonyl (C=O) groups excluding carboxylic acids is 1. The van der Waals surface area contributed by atoms with Gasteiger partial charge < -0.3 is 0 Å². The van der Waals surface area contributed by atoms with E-state index in [0.717, 1.165) is 6.42 Å². The van der Waals surface area contributed by atoms with E-state index in [4.69, 9.17) is 11.6 Å². The lowest BCUT2D eigenvalue weighted by molar-refractivity contribution is -0.117. The molecule has 2 rings (SSSR count). The normalized spacial score (nSPS) is 27.1. The monoisotopic (exact) mass is 200 g/mol. The Kier molecular flexibility index (Phi) is 2.20. The van der Waals surface area contributed by atoms with E-state index in [1.807, 2.05) is 6.07 Å². The predicted octanol–water partition coefficient (Wildman–Crippen LogP) is 2.66. The molecule has 0 saturated heterocycles. The van der Waals surface area contributed by atoms with Crippen molar-refractivity contribution in [3.05, 3.63) is 22.4 Å². The second-order valence-corrected chi connectivity index (χ2v) is 4.31. The van der Waals surface area contributed by atoms with Crippen LogP contribution in [0.2, 0.25) is 0 Å². The molecule has 0 aliphatic heterocycles. The lowest BCUT2D eigenvalue weighted by atomic mass is 10.2. The lowest BCUT2D eigenvalue weighted by Crippen LogP contribution is -2.02. The molecule has 1 aromatic heterocycles. The van der Waals surface area contributed by atoms with E-state index in [0.29, 0.717) is 5.92 Å². The number of carbonyl (C=O) groups is 1.